The summed E-state index contributed by atoms with van der Waals surface area (Å²) in [5.41, 5.74) is 5.39. The number of hydrogen-bond donors (Lipinski definition) is 2. The molecule has 0 saturated carbocycles. The van der Waals surface area contributed by atoms with E-state index in [9.17, 15) is 4.79 Å². The molecule has 0 fully saturated rings. The van der Waals surface area contributed by atoms with Gasteiger partial charge in [0.15, 0.2) is 0 Å². The Hall–Kier alpha value is -1.35. The maximum Gasteiger partial charge on any atom is 0.303 e. The van der Waals surface area contributed by atoms with Crippen molar-refractivity contribution >= 4 is 5.97 Å². The predicted octanol–water partition coefficient (Wildman–Crippen LogP) is 4.60. The molecular weight excluding hydrogens is 262 g/mol. The van der Waals surface area contributed by atoms with Crippen LogP contribution in [0.25, 0.3) is 0 Å². The van der Waals surface area contributed by atoms with Crippen molar-refractivity contribution in [3.8, 4) is 0 Å². The van der Waals surface area contributed by atoms with E-state index in [1.165, 1.54) is 12.8 Å². The van der Waals surface area contributed by atoms with Crippen molar-refractivity contribution in [1.82, 2.24) is 0 Å². The molecular formula is C18H31NO2. The van der Waals surface area contributed by atoms with Crippen molar-refractivity contribution in [2.24, 2.45) is 5.73 Å². The SMILES string of the molecule is NCCC=CCC=CCC=CCCCCCCCC(=O)O. The van der Waals surface area contributed by atoms with Gasteiger partial charge < -0.3 is 10.8 Å². The Kier molecular flexibility index (Phi) is 15.6. The van der Waals surface area contributed by atoms with Crippen LogP contribution < -0.4 is 5.73 Å². The van der Waals surface area contributed by atoms with Gasteiger partial charge in [0.05, 0.1) is 0 Å². The molecule has 0 unspecified atom stereocenters. The zero-order chi connectivity index (χ0) is 15.6. The molecule has 120 valence electrons. The van der Waals surface area contributed by atoms with Gasteiger partial charge in [0.2, 0.25) is 0 Å². The summed E-state index contributed by atoms with van der Waals surface area (Å²) < 4.78 is 0. The van der Waals surface area contributed by atoms with Crippen LogP contribution in [0.4, 0.5) is 0 Å². The van der Waals surface area contributed by atoms with E-state index in [0.717, 1.165) is 51.5 Å². The van der Waals surface area contributed by atoms with Crippen LogP contribution in [-0.2, 0) is 4.79 Å². The number of hydrogen-bond acceptors (Lipinski definition) is 2. The Labute approximate surface area is 129 Å². The van der Waals surface area contributed by atoms with Gasteiger partial charge in [-0.3, -0.25) is 4.79 Å². The van der Waals surface area contributed by atoms with Crippen molar-refractivity contribution in [2.75, 3.05) is 6.54 Å². The number of unbranched alkanes of at least 4 members (excludes halogenated alkanes) is 5. The van der Waals surface area contributed by atoms with Gasteiger partial charge in [-0.2, -0.15) is 0 Å². The molecule has 0 atom stereocenters. The minimum Gasteiger partial charge on any atom is -0.481 e. The first kappa shape index (κ1) is 19.7. The van der Waals surface area contributed by atoms with Crippen molar-refractivity contribution in [3.63, 3.8) is 0 Å². The molecule has 0 aromatic carbocycles. The van der Waals surface area contributed by atoms with Crippen molar-refractivity contribution < 1.29 is 9.90 Å². The lowest BCUT2D eigenvalue weighted by Gasteiger charge is -1.98. The Bertz CT molecular complexity index is 319. The standard InChI is InChI=1S/C18H31NO2/c19-17-15-13-11-9-7-5-3-1-2-4-6-8-10-12-14-16-18(20)21/h1-2,5,7,11,13H,3-4,6,8-10,12,14-17,19H2,(H,20,21). The number of nitrogens with two attached hydrogens (primary N) is 1. The highest BCUT2D eigenvalue weighted by atomic mass is 16.4. The molecule has 0 spiro atoms. The van der Waals surface area contributed by atoms with Crippen LogP contribution in [0.2, 0.25) is 0 Å². The van der Waals surface area contributed by atoms with Gasteiger partial charge in [0, 0.05) is 6.42 Å². The normalized spacial score (nSPS) is 12.0. The highest BCUT2D eigenvalue weighted by Crippen LogP contribution is 2.07. The number of rotatable bonds is 14. The Morgan fingerprint density at radius 1 is 0.762 bits per heavy atom. The van der Waals surface area contributed by atoms with Gasteiger partial charge in [-0.05, 0) is 45.1 Å². The quantitative estimate of drug-likeness (QED) is 0.363. The summed E-state index contributed by atoms with van der Waals surface area (Å²) >= 11 is 0. The second kappa shape index (κ2) is 16.7. The van der Waals surface area contributed by atoms with E-state index in [-0.39, 0.29) is 0 Å². The van der Waals surface area contributed by atoms with Crippen LogP contribution in [-0.4, -0.2) is 17.6 Å². The van der Waals surface area contributed by atoms with Crippen LogP contribution in [0, 0.1) is 0 Å². The van der Waals surface area contributed by atoms with Crippen LogP contribution in [0.3, 0.4) is 0 Å². The average molecular weight is 293 g/mol. The smallest absolute Gasteiger partial charge is 0.303 e. The van der Waals surface area contributed by atoms with Crippen LogP contribution in [0.1, 0.15) is 64.2 Å². The van der Waals surface area contributed by atoms with E-state index >= 15 is 0 Å². The molecule has 0 amide bonds. The fourth-order valence-electron chi connectivity index (χ4n) is 1.94. The third-order valence-electron chi connectivity index (χ3n) is 3.14. The van der Waals surface area contributed by atoms with Gasteiger partial charge in [-0.25, -0.2) is 0 Å². The van der Waals surface area contributed by atoms with Gasteiger partial charge in [-0.15, -0.1) is 0 Å². The molecule has 3 N–H and O–H groups in total. The number of carboxylic acids is 1. The molecule has 0 radical (unpaired) electrons. The minimum absolute atomic E-state index is 0.313. The summed E-state index contributed by atoms with van der Waals surface area (Å²) in [5, 5.41) is 8.51. The van der Waals surface area contributed by atoms with Gasteiger partial charge in [0.25, 0.3) is 0 Å². The van der Waals surface area contributed by atoms with Crippen LogP contribution in [0.15, 0.2) is 36.5 Å². The predicted molar refractivity (Wildman–Crippen MR) is 90.3 cm³/mol. The van der Waals surface area contributed by atoms with Crippen molar-refractivity contribution in [1.29, 1.82) is 0 Å². The monoisotopic (exact) mass is 293 g/mol. The second-order valence-electron chi connectivity index (χ2n) is 5.16. The number of aliphatic carboxylic acids is 1. The van der Waals surface area contributed by atoms with Crippen molar-refractivity contribution in [3.05, 3.63) is 36.5 Å². The molecule has 0 aliphatic heterocycles. The fraction of sp³-hybridized carbons (Fsp3) is 0.611. The topological polar surface area (TPSA) is 63.3 Å². The summed E-state index contributed by atoms with van der Waals surface area (Å²) in [7, 11) is 0. The zero-order valence-corrected chi connectivity index (χ0v) is 13.2. The van der Waals surface area contributed by atoms with Gasteiger partial charge in [0.1, 0.15) is 0 Å². The average Bonchev–Trinajstić information content (AvgIpc) is 2.46. The highest BCUT2D eigenvalue weighted by Gasteiger charge is 1.95. The lowest BCUT2D eigenvalue weighted by Crippen LogP contribution is -1.94. The molecule has 3 heteroatoms. The zero-order valence-electron chi connectivity index (χ0n) is 13.2. The fourth-order valence-corrected chi connectivity index (χ4v) is 1.94. The first-order valence-electron chi connectivity index (χ1n) is 8.14. The summed E-state index contributed by atoms with van der Waals surface area (Å²) in [6, 6.07) is 0. The summed E-state index contributed by atoms with van der Waals surface area (Å²) in [6.45, 7) is 0.725. The molecule has 0 aromatic rings. The molecule has 21 heavy (non-hydrogen) atoms. The highest BCUT2D eigenvalue weighted by molar-refractivity contribution is 5.66. The first-order chi connectivity index (χ1) is 10.3. The van der Waals surface area contributed by atoms with Crippen LogP contribution in [0.5, 0.6) is 0 Å². The second-order valence-corrected chi connectivity index (χ2v) is 5.16. The number of allylic oxidation sites excluding steroid dienone is 5. The number of carboxylic acid groups (broad SMARTS) is 1. The summed E-state index contributed by atoms with van der Waals surface area (Å²) in [5.74, 6) is -0.680. The van der Waals surface area contributed by atoms with E-state index < -0.39 is 5.97 Å². The Morgan fingerprint density at radius 2 is 1.29 bits per heavy atom. The summed E-state index contributed by atoms with van der Waals surface area (Å²) in [6.07, 6.45) is 22.9. The van der Waals surface area contributed by atoms with E-state index in [1.807, 2.05) is 0 Å². The third kappa shape index (κ3) is 18.6. The molecule has 0 bridgehead atoms. The molecule has 0 aliphatic carbocycles. The van der Waals surface area contributed by atoms with E-state index in [1.54, 1.807) is 0 Å². The Morgan fingerprint density at radius 3 is 1.90 bits per heavy atom. The molecule has 0 aromatic heterocycles. The molecule has 0 aliphatic rings. The number of carbonyl (C=O) groups is 1. The van der Waals surface area contributed by atoms with E-state index in [2.05, 4.69) is 36.5 Å². The molecule has 0 saturated heterocycles. The maximum atomic E-state index is 10.3. The largest absolute Gasteiger partial charge is 0.481 e. The molecule has 0 rings (SSSR count). The van der Waals surface area contributed by atoms with E-state index in [4.69, 9.17) is 10.8 Å². The lowest BCUT2D eigenvalue weighted by atomic mass is 10.1. The van der Waals surface area contributed by atoms with Gasteiger partial charge in [-0.1, -0.05) is 55.7 Å². The minimum atomic E-state index is -0.680. The molecule has 0 heterocycles. The third-order valence-corrected chi connectivity index (χ3v) is 3.14. The maximum absolute atomic E-state index is 10.3. The van der Waals surface area contributed by atoms with Crippen molar-refractivity contribution in [2.45, 2.75) is 64.2 Å². The first-order valence-corrected chi connectivity index (χ1v) is 8.14. The van der Waals surface area contributed by atoms with E-state index in [0.29, 0.717) is 6.42 Å². The van der Waals surface area contributed by atoms with Crippen LogP contribution >= 0.6 is 0 Å². The van der Waals surface area contributed by atoms with Gasteiger partial charge >= 0.3 is 5.97 Å². The summed E-state index contributed by atoms with van der Waals surface area (Å²) in [4.78, 5) is 10.3. The molecule has 3 nitrogen and oxygen atoms in total. The Balaban J connectivity index is 3.25. The lowest BCUT2D eigenvalue weighted by molar-refractivity contribution is -0.137.